The molecule has 0 saturated heterocycles. The first kappa shape index (κ1) is 19.4. The van der Waals surface area contributed by atoms with Crippen molar-refractivity contribution in [2.24, 2.45) is 0 Å². The number of ether oxygens (including phenoxy) is 1. The van der Waals surface area contributed by atoms with Crippen molar-refractivity contribution in [3.63, 3.8) is 0 Å². The highest BCUT2D eigenvalue weighted by molar-refractivity contribution is 7.80. The summed E-state index contributed by atoms with van der Waals surface area (Å²) in [5, 5.41) is 11.2. The zero-order valence-electron chi connectivity index (χ0n) is 14.2. The Balaban J connectivity index is 1.70. The number of aromatic nitrogens is 2. The fourth-order valence-electron chi connectivity index (χ4n) is 2.38. The molecule has 0 aliphatic rings. The lowest BCUT2D eigenvalue weighted by Crippen LogP contribution is -2.19. The summed E-state index contributed by atoms with van der Waals surface area (Å²) in [5.74, 6) is 0.648. The molecule has 0 unspecified atom stereocenters. The van der Waals surface area contributed by atoms with Gasteiger partial charge in [-0.1, -0.05) is 35.3 Å². The van der Waals surface area contributed by atoms with Gasteiger partial charge in [-0.3, -0.25) is 4.68 Å². The van der Waals surface area contributed by atoms with Crippen LogP contribution in [0.4, 0.5) is 15.9 Å². The third kappa shape index (κ3) is 4.88. The number of rotatable bonds is 5. The second kappa shape index (κ2) is 8.56. The summed E-state index contributed by atoms with van der Waals surface area (Å²) in [6, 6.07) is 11.8. The van der Waals surface area contributed by atoms with Crippen molar-refractivity contribution < 1.29 is 9.13 Å². The molecular formula is C18H15Cl2FN4OS. The van der Waals surface area contributed by atoms with Gasteiger partial charge in [0.25, 0.3) is 0 Å². The summed E-state index contributed by atoms with van der Waals surface area (Å²) < 4.78 is 20.6. The minimum atomic E-state index is -0.404. The predicted octanol–water partition coefficient (Wildman–Crippen LogP) is 5.19. The number of nitrogens with zero attached hydrogens (tertiary/aromatic N) is 2. The lowest BCUT2D eigenvalue weighted by Gasteiger charge is -2.10. The largest absolute Gasteiger partial charge is 0.497 e. The monoisotopic (exact) mass is 424 g/mol. The minimum absolute atomic E-state index is 0.142. The van der Waals surface area contributed by atoms with Crippen LogP contribution in [0, 0.1) is 5.82 Å². The third-order valence-corrected chi connectivity index (χ3v) is 4.49. The van der Waals surface area contributed by atoms with Gasteiger partial charge in [-0.05, 0) is 36.5 Å². The number of methoxy groups -OCH3 is 1. The zero-order valence-corrected chi connectivity index (χ0v) is 16.5. The molecule has 0 bridgehead atoms. The summed E-state index contributed by atoms with van der Waals surface area (Å²) in [5.41, 5.74) is 1.09. The summed E-state index contributed by atoms with van der Waals surface area (Å²) in [4.78, 5) is 0. The highest BCUT2D eigenvalue weighted by atomic mass is 35.5. The Morgan fingerprint density at radius 1 is 1.19 bits per heavy atom. The van der Waals surface area contributed by atoms with Crippen LogP contribution in [-0.4, -0.2) is 22.0 Å². The molecule has 5 nitrogen and oxygen atoms in total. The maximum atomic E-state index is 13.9. The average Bonchev–Trinajstić information content (AvgIpc) is 2.97. The summed E-state index contributed by atoms with van der Waals surface area (Å²) in [6.45, 7) is 0.142. The van der Waals surface area contributed by atoms with Gasteiger partial charge >= 0.3 is 0 Å². The third-order valence-electron chi connectivity index (χ3n) is 3.66. The fraction of sp³-hybridized carbons (Fsp3) is 0.111. The van der Waals surface area contributed by atoms with Gasteiger partial charge in [-0.2, -0.15) is 5.10 Å². The maximum Gasteiger partial charge on any atom is 0.176 e. The van der Waals surface area contributed by atoms with E-state index in [9.17, 15) is 4.39 Å². The number of hydrogen-bond donors (Lipinski definition) is 2. The topological polar surface area (TPSA) is 51.1 Å². The van der Waals surface area contributed by atoms with Gasteiger partial charge in [0.1, 0.15) is 16.6 Å². The lowest BCUT2D eigenvalue weighted by atomic mass is 10.2. The van der Waals surface area contributed by atoms with Gasteiger partial charge in [-0.15, -0.1) is 0 Å². The Bertz CT molecular complexity index is 959. The standard InChI is InChI=1S/C18H15Cl2FN4OS/c1-26-12-5-2-4-11(8-12)22-18(27)23-17-15(20)10-25(24-17)9-13-14(19)6-3-7-16(13)21/h2-8,10H,9H2,1H3,(H2,22,23,24,27). The van der Waals surface area contributed by atoms with E-state index in [2.05, 4.69) is 15.7 Å². The van der Waals surface area contributed by atoms with E-state index in [0.29, 0.717) is 32.3 Å². The SMILES string of the molecule is COc1cccc(NC(=S)Nc2nn(Cc3c(F)cccc3Cl)cc2Cl)c1. The van der Waals surface area contributed by atoms with E-state index in [4.69, 9.17) is 40.2 Å². The Labute approximate surface area is 171 Å². The van der Waals surface area contributed by atoms with E-state index < -0.39 is 5.82 Å². The van der Waals surface area contributed by atoms with E-state index in [0.717, 1.165) is 5.69 Å². The molecule has 2 N–H and O–H groups in total. The lowest BCUT2D eigenvalue weighted by molar-refractivity contribution is 0.415. The van der Waals surface area contributed by atoms with Crippen LogP contribution >= 0.6 is 35.4 Å². The van der Waals surface area contributed by atoms with Gasteiger partial charge in [0, 0.05) is 28.5 Å². The fourth-order valence-corrected chi connectivity index (χ4v) is 3.01. The molecule has 0 saturated carbocycles. The molecule has 140 valence electrons. The van der Waals surface area contributed by atoms with Crippen molar-refractivity contribution in [3.8, 4) is 5.75 Å². The van der Waals surface area contributed by atoms with Crippen LogP contribution in [0.15, 0.2) is 48.7 Å². The summed E-state index contributed by atoms with van der Waals surface area (Å²) >= 11 is 17.5. The molecule has 0 fully saturated rings. The first-order valence-electron chi connectivity index (χ1n) is 7.84. The summed E-state index contributed by atoms with van der Waals surface area (Å²) in [7, 11) is 1.59. The minimum Gasteiger partial charge on any atom is -0.497 e. The Kier molecular flexibility index (Phi) is 6.15. The van der Waals surface area contributed by atoms with Crippen LogP contribution in [0.1, 0.15) is 5.56 Å². The highest BCUT2D eigenvalue weighted by Crippen LogP contribution is 2.24. The van der Waals surface area contributed by atoms with E-state index in [1.807, 2.05) is 18.2 Å². The predicted molar refractivity (Wildman–Crippen MR) is 111 cm³/mol. The van der Waals surface area contributed by atoms with Crippen molar-refractivity contribution >= 4 is 52.0 Å². The van der Waals surface area contributed by atoms with Crippen molar-refractivity contribution in [1.29, 1.82) is 0 Å². The van der Waals surface area contributed by atoms with Gasteiger partial charge in [0.05, 0.1) is 13.7 Å². The van der Waals surface area contributed by atoms with Crippen LogP contribution in [0.25, 0.3) is 0 Å². The number of hydrogen-bond acceptors (Lipinski definition) is 3. The number of nitrogens with one attached hydrogen (secondary N) is 2. The number of benzene rings is 2. The molecule has 1 heterocycles. The molecule has 0 amide bonds. The molecule has 0 aliphatic heterocycles. The van der Waals surface area contributed by atoms with E-state index in [-0.39, 0.29) is 6.54 Å². The molecule has 0 radical (unpaired) electrons. The van der Waals surface area contributed by atoms with Crippen LogP contribution in [0.3, 0.4) is 0 Å². The molecule has 3 aromatic rings. The molecule has 0 aliphatic carbocycles. The molecular weight excluding hydrogens is 410 g/mol. The normalized spacial score (nSPS) is 10.5. The average molecular weight is 425 g/mol. The smallest absolute Gasteiger partial charge is 0.176 e. The van der Waals surface area contributed by atoms with Gasteiger partial charge in [-0.25, -0.2) is 4.39 Å². The molecule has 27 heavy (non-hydrogen) atoms. The van der Waals surface area contributed by atoms with E-state index in [1.54, 1.807) is 31.5 Å². The van der Waals surface area contributed by atoms with Crippen molar-refractivity contribution in [1.82, 2.24) is 9.78 Å². The molecule has 0 spiro atoms. The molecule has 0 atom stereocenters. The van der Waals surface area contributed by atoms with Crippen molar-refractivity contribution in [2.45, 2.75) is 6.54 Å². The van der Waals surface area contributed by atoms with Gasteiger partial charge in [0.2, 0.25) is 0 Å². The Morgan fingerprint density at radius 2 is 1.96 bits per heavy atom. The highest BCUT2D eigenvalue weighted by Gasteiger charge is 2.12. The molecule has 2 aromatic carbocycles. The molecule has 1 aromatic heterocycles. The Morgan fingerprint density at radius 3 is 2.70 bits per heavy atom. The summed E-state index contributed by atoms with van der Waals surface area (Å²) in [6.07, 6.45) is 1.57. The van der Waals surface area contributed by atoms with E-state index in [1.165, 1.54) is 10.7 Å². The molecule has 9 heteroatoms. The number of halogens is 3. The molecule has 3 rings (SSSR count). The number of thiocarbonyl (C=S) groups is 1. The Hall–Kier alpha value is -2.35. The second-order valence-electron chi connectivity index (χ2n) is 5.53. The van der Waals surface area contributed by atoms with Crippen LogP contribution in [0.2, 0.25) is 10.0 Å². The zero-order chi connectivity index (χ0) is 19.4. The first-order valence-corrected chi connectivity index (χ1v) is 9.00. The van der Waals surface area contributed by atoms with Crippen molar-refractivity contribution in [2.75, 3.05) is 17.7 Å². The second-order valence-corrected chi connectivity index (χ2v) is 6.76. The first-order chi connectivity index (χ1) is 13.0. The van der Waals surface area contributed by atoms with Gasteiger partial charge in [0.15, 0.2) is 10.9 Å². The van der Waals surface area contributed by atoms with Crippen molar-refractivity contribution in [3.05, 3.63) is 70.1 Å². The van der Waals surface area contributed by atoms with Gasteiger partial charge < -0.3 is 15.4 Å². The van der Waals surface area contributed by atoms with Crippen LogP contribution in [-0.2, 0) is 6.54 Å². The van der Waals surface area contributed by atoms with Crippen LogP contribution < -0.4 is 15.4 Å². The van der Waals surface area contributed by atoms with E-state index >= 15 is 0 Å². The van der Waals surface area contributed by atoms with Crippen LogP contribution in [0.5, 0.6) is 5.75 Å². The maximum absolute atomic E-state index is 13.9. The number of anilines is 2. The quantitative estimate of drug-likeness (QED) is 0.551.